The fraction of sp³-hybridized carbons (Fsp3) is 0.188. The van der Waals surface area contributed by atoms with Gasteiger partial charge in [0.1, 0.15) is 0 Å². The van der Waals surface area contributed by atoms with Crippen LogP contribution in [0.1, 0.15) is 5.56 Å². The predicted octanol–water partition coefficient (Wildman–Crippen LogP) is 3.11. The first-order chi connectivity index (χ1) is 12.2. The molecule has 0 aliphatic heterocycles. The summed E-state index contributed by atoms with van der Waals surface area (Å²) in [6.45, 7) is 0. The molecule has 0 amide bonds. The number of methoxy groups -OCH3 is 3. The second-order valence-electron chi connectivity index (χ2n) is 4.81. The Labute approximate surface area is 148 Å². The van der Waals surface area contributed by atoms with Crippen molar-refractivity contribution in [3.8, 4) is 28.8 Å². The van der Waals surface area contributed by atoms with E-state index in [4.69, 9.17) is 30.8 Å². The topological polar surface area (TPSA) is 86.8 Å². The molecule has 0 saturated carbocycles. The van der Waals surface area contributed by atoms with Crippen molar-refractivity contribution in [2.75, 3.05) is 21.3 Å². The molecule has 1 N–H and O–H groups in total. The summed E-state index contributed by atoms with van der Waals surface area (Å²) >= 11 is 5.23. The van der Waals surface area contributed by atoms with Crippen LogP contribution in [0, 0.1) is 4.77 Å². The molecule has 130 valence electrons. The Bertz CT molecular complexity index is 944. The lowest BCUT2D eigenvalue weighted by Crippen LogP contribution is -2.00. The number of nitrogens with one attached hydrogen (secondary N) is 1. The number of hydrogen-bond acceptors (Lipinski definition) is 7. The Balaban J connectivity index is 2.04. The molecule has 0 unspecified atom stereocenters. The molecule has 0 fully saturated rings. The highest BCUT2D eigenvalue weighted by Crippen LogP contribution is 2.39. The summed E-state index contributed by atoms with van der Waals surface area (Å²) in [4.78, 5) is 0. The van der Waals surface area contributed by atoms with Gasteiger partial charge in [0, 0.05) is 5.56 Å². The van der Waals surface area contributed by atoms with Gasteiger partial charge in [-0.2, -0.15) is 9.78 Å². The Morgan fingerprint density at radius 3 is 2.60 bits per heavy atom. The van der Waals surface area contributed by atoms with Crippen LogP contribution in [0.5, 0.6) is 17.2 Å². The van der Waals surface area contributed by atoms with Crippen molar-refractivity contribution in [1.82, 2.24) is 14.9 Å². The molecule has 0 spiro atoms. The molecule has 1 aromatic carbocycles. The summed E-state index contributed by atoms with van der Waals surface area (Å²) in [6.07, 6.45) is 3.15. The number of hydrogen-bond donors (Lipinski definition) is 1. The predicted molar refractivity (Wildman–Crippen MR) is 94.2 cm³/mol. The van der Waals surface area contributed by atoms with Crippen molar-refractivity contribution in [3.63, 3.8) is 0 Å². The van der Waals surface area contributed by atoms with Crippen LogP contribution in [-0.4, -0.2) is 42.4 Å². The van der Waals surface area contributed by atoms with E-state index in [9.17, 15) is 0 Å². The molecule has 8 nitrogen and oxygen atoms in total. The number of aromatic nitrogens is 3. The Kier molecular flexibility index (Phi) is 4.85. The zero-order valence-electron chi connectivity index (χ0n) is 13.8. The second-order valence-corrected chi connectivity index (χ2v) is 5.20. The third kappa shape index (κ3) is 3.13. The highest BCUT2D eigenvalue weighted by molar-refractivity contribution is 7.71. The zero-order valence-corrected chi connectivity index (χ0v) is 14.7. The fourth-order valence-corrected chi connectivity index (χ4v) is 2.49. The van der Waals surface area contributed by atoms with Gasteiger partial charge in [0.25, 0.3) is 0 Å². The molecule has 3 rings (SSSR count). The van der Waals surface area contributed by atoms with Crippen molar-refractivity contribution in [3.05, 3.63) is 40.9 Å². The molecule has 2 heterocycles. The van der Waals surface area contributed by atoms with E-state index in [-0.39, 0.29) is 0 Å². The first kappa shape index (κ1) is 16.8. The van der Waals surface area contributed by atoms with Crippen LogP contribution in [0.25, 0.3) is 11.6 Å². The summed E-state index contributed by atoms with van der Waals surface area (Å²) in [5.74, 6) is 2.55. The van der Waals surface area contributed by atoms with Gasteiger partial charge in [-0.1, -0.05) is 0 Å². The van der Waals surface area contributed by atoms with Crippen LogP contribution in [0.15, 0.2) is 40.0 Å². The molecule has 0 bridgehead atoms. The lowest BCUT2D eigenvalue weighted by Gasteiger charge is -2.13. The molecule has 0 aliphatic rings. The normalized spacial score (nSPS) is 11.0. The van der Waals surface area contributed by atoms with Crippen molar-refractivity contribution in [1.29, 1.82) is 0 Å². The molecule has 3 aromatic rings. The number of H-pyrrole nitrogens is 1. The Morgan fingerprint density at radius 1 is 1.16 bits per heavy atom. The fourth-order valence-electron chi connectivity index (χ4n) is 2.31. The van der Waals surface area contributed by atoms with Crippen LogP contribution >= 0.6 is 12.2 Å². The van der Waals surface area contributed by atoms with E-state index >= 15 is 0 Å². The average molecular weight is 360 g/mol. The van der Waals surface area contributed by atoms with Crippen LogP contribution in [-0.2, 0) is 0 Å². The van der Waals surface area contributed by atoms with Gasteiger partial charge < -0.3 is 18.6 Å². The maximum absolute atomic E-state index is 5.44. The van der Waals surface area contributed by atoms with Crippen molar-refractivity contribution >= 4 is 18.4 Å². The highest BCUT2D eigenvalue weighted by Gasteiger charge is 2.15. The molecule has 2 aromatic heterocycles. The number of benzene rings is 1. The molecule has 0 saturated heterocycles. The van der Waals surface area contributed by atoms with Crippen molar-refractivity contribution < 1.29 is 18.6 Å². The molecular weight excluding hydrogens is 344 g/mol. The highest BCUT2D eigenvalue weighted by atomic mass is 32.1. The van der Waals surface area contributed by atoms with E-state index in [0.29, 0.717) is 39.2 Å². The second kappa shape index (κ2) is 7.22. The van der Waals surface area contributed by atoms with Gasteiger partial charge in [-0.3, -0.25) is 0 Å². The number of nitrogens with zero attached hydrogens (tertiary/aromatic N) is 3. The summed E-state index contributed by atoms with van der Waals surface area (Å²) in [5.41, 5.74) is 0.689. The number of rotatable bonds is 6. The molecule has 0 atom stereocenters. The first-order valence-electron chi connectivity index (χ1n) is 7.24. The molecular formula is C16H16N4O4S. The van der Waals surface area contributed by atoms with Gasteiger partial charge in [0.15, 0.2) is 17.3 Å². The Morgan fingerprint density at radius 2 is 1.96 bits per heavy atom. The maximum Gasteiger partial charge on any atom is 0.219 e. The summed E-state index contributed by atoms with van der Waals surface area (Å²) in [7, 11) is 4.65. The Hall–Kier alpha value is -3.07. The average Bonchev–Trinajstić information content (AvgIpc) is 3.28. The molecule has 0 aliphatic carbocycles. The van der Waals surface area contributed by atoms with E-state index in [1.54, 1.807) is 58.1 Å². The number of furan rings is 1. The first-order valence-corrected chi connectivity index (χ1v) is 7.65. The third-order valence-electron chi connectivity index (χ3n) is 3.44. The van der Waals surface area contributed by atoms with Crippen LogP contribution in [0.2, 0.25) is 0 Å². The van der Waals surface area contributed by atoms with Crippen molar-refractivity contribution in [2.45, 2.75) is 0 Å². The van der Waals surface area contributed by atoms with E-state index < -0.39 is 0 Å². The van der Waals surface area contributed by atoms with Crippen LogP contribution < -0.4 is 14.2 Å². The van der Waals surface area contributed by atoms with E-state index in [0.717, 1.165) is 0 Å². The summed E-state index contributed by atoms with van der Waals surface area (Å²) in [6, 6.07) is 7.11. The van der Waals surface area contributed by atoms with E-state index in [1.165, 1.54) is 4.68 Å². The van der Waals surface area contributed by atoms with Crippen molar-refractivity contribution in [2.24, 2.45) is 5.10 Å². The van der Waals surface area contributed by atoms with E-state index in [2.05, 4.69) is 15.3 Å². The minimum atomic E-state index is 0.335. The quantitative estimate of drug-likeness (QED) is 0.537. The molecule has 25 heavy (non-hydrogen) atoms. The number of ether oxygens (including phenoxy) is 3. The van der Waals surface area contributed by atoms with Gasteiger partial charge in [0.05, 0.1) is 33.8 Å². The van der Waals surface area contributed by atoms with Crippen LogP contribution in [0.3, 0.4) is 0 Å². The largest absolute Gasteiger partial charge is 0.493 e. The summed E-state index contributed by atoms with van der Waals surface area (Å²) < 4.78 is 23.2. The molecule has 0 radical (unpaired) electrons. The minimum absolute atomic E-state index is 0.335. The standard InChI is InChI=1S/C16H16N4O4S/c1-21-11-7-6-10(13(22-2)14(11)23-3)9-17-20-15(18-19-16(20)25)12-5-4-8-24-12/h4-9H,1-3H3,(H,19,25)/b17-9+. The van der Waals surface area contributed by atoms with Gasteiger partial charge in [-0.15, -0.1) is 5.10 Å². The van der Waals surface area contributed by atoms with E-state index in [1.807, 2.05) is 0 Å². The smallest absolute Gasteiger partial charge is 0.219 e. The van der Waals surface area contributed by atoms with Gasteiger partial charge in [-0.05, 0) is 36.5 Å². The van der Waals surface area contributed by atoms with Gasteiger partial charge in [0.2, 0.25) is 16.3 Å². The maximum atomic E-state index is 5.44. The van der Waals surface area contributed by atoms with Gasteiger partial charge in [-0.25, -0.2) is 5.10 Å². The monoisotopic (exact) mass is 360 g/mol. The third-order valence-corrected chi connectivity index (χ3v) is 3.70. The lowest BCUT2D eigenvalue weighted by atomic mass is 10.2. The SMILES string of the molecule is COc1ccc(/C=N/n2c(-c3ccco3)n[nH]c2=S)c(OC)c1OC. The zero-order chi connectivity index (χ0) is 17.8. The molecule has 9 heteroatoms. The number of aromatic amines is 1. The van der Waals surface area contributed by atoms with Gasteiger partial charge >= 0.3 is 0 Å². The minimum Gasteiger partial charge on any atom is -0.493 e. The lowest BCUT2D eigenvalue weighted by molar-refractivity contribution is 0.324. The van der Waals surface area contributed by atoms with Crippen LogP contribution in [0.4, 0.5) is 0 Å². The summed E-state index contributed by atoms with van der Waals surface area (Å²) in [5, 5.41) is 11.2.